The van der Waals surface area contributed by atoms with E-state index in [0.29, 0.717) is 0 Å². The Morgan fingerprint density at radius 3 is 0.722 bits per heavy atom. The van der Waals surface area contributed by atoms with Gasteiger partial charge in [0.2, 0.25) is 0 Å². The second kappa shape index (κ2) is 13.8. The molecule has 0 unspecified atom stereocenters. The summed E-state index contributed by atoms with van der Waals surface area (Å²) in [6, 6.07) is 33.2. The molecular formula is C50H52As2N2. The van der Waals surface area contributed by atoms with Gasteiger partial charge in [0.05, 0.1) is 0 Å². The Hall–Kier alpha value is -4.22. The molecule has 0 N–H and O–H groups in total. The molecule has 0 spiro atoms. The molecule has 3 heterocycles. The predicted octanol–water partition coefficient (Wildman–Crippen LogP) is 13.0. The molecule has 6 aromatic carbocycles. The van der Waals surface area contributed by atoms with E-state index in [0.717, 1.165) is 0 Å². The summed E-state index contributed by atoms with van der Waals surface area (Å²) in [6.45, 7) is 27.3. The van der Waals surface area contributed by atoms with Gasteiger partial charge in [-0.2, -0.15) is 0 Å². The molecule has 1 saturated heterocycles. The number of para-hydroxylation sites is 2. The van der Waals surface area contributed by atoms with Crippen LogP contribution in [0.2, 0.25) is 0 Å². The molecule has 54 heavy (non-hydrogen) atoms. The fraction of sp³-hybridized carbons (Fsp3) is 0.240. The minimum absolute atomic E-state index is 1.32. The second-order valence-electron chi connectivity index (χ2n) is 16.0. The molecule has 6 aromatic rings. The Kier molecular flexibility index (Phi) is 9.40. The van der Waals surface area contributed by atoms with E-state index in [9.17, 15) is 0 Å². The SMILES string of the molecule is Cc1cc(C)c(-c2cccc(-c3c(C)cc(C)cc3C)c2N2[As]3C=C[As]2N3c2c(-c3c(C)cc(C)cc3C)cccc2-c2c(C)cc(C)cc2C)c(C)c1. The number of aryl methyl sites for hydroxylation is 12. The van der Waals surface area contributed by atoms with Crippen molar-refractivity contribution < 1.29 is 0 Å². The molecule has 0 saturated carbocycles. The summed E-state index contributed by atoms with van der Waals surface area (Å²) < 4.78 is 5.98. The van der Waals surface area contributed by atoms with Crippen LogP contribution in [0.1, 0.15) is 66.8 Å². The molecule has 2 bridgehead atoms. The van der Waals surface area contributed by atoms with E-state index >= 15 is 0 Å². The van der Waals surface area contributed by atoms with Gasteiger partial charge in [0, 0.05) is 0 Å². The third-order valence-electron chi connectivity index (χ3n) is 11.4. The number of benzene rings is 6. The number of hydrogen-bond donors (Lipinski definition) is 0. The fourth-order valence-corrected chi connectivity index (χ4v) is 27.4. The van der Waals surface area contributed by atoms with Gasteiger partial charge in [-0.3, -0.25) is 0 Å². The summed E-state index contributed by atoms with van der Waals surface area (Å²) in [5, 5.41) is 0. The van der Waals surface area contributed by atoms with Gasteiger partial charge in [0.25, 0.3) is 0 Å². The van der Waals surface area contributed by atoms with Gasteiger partial charge in [0.15, 0.2) is 0 Å². The maximum atomic E-state index is 2.99. The van der Waals surface area contributed by atoms with E-state index in [1.54, 1.807) is 0 Å². The molecule has 3 aliphatic rings. The van der Waals surface area contributed by atoms with Crippen LogP contribution in [0.5, 0.6) is 0 Å². The van der Waals surface area contributed by atoms with Crippen molar-refractivity contribution in [3.05, 3.63) is 161 Å². The topological polar surface area (TPSA) is 6.48 Å². The van der Waals surface area contributed by atoms with Crippen LogP contribution in [-0.4, -0.2) is 30.2 Å². The monoisotopic (exact) mass is 830 g/mol. The average molecular weight is 831 g/mol. The van der Waals surface area contributed by atoms with Crippen molar-refractivity contribution in [3.8, 4) is 44.5 Å². The van der Waals surface area contributed by atoms with Gasteiger partial charge in [-0.15, -0.1) is 0 Å². The molecule has 0 aromatic heterocycles. The molecular weight excluding hydrogens is 778 g/mol. The van der Waals surface area contributed by atoms with Crippen molar-refractivity contribution in [1.82, 2.24) is 0 Å². The zero-order chi connectivity index (χ0) is 38.3. The summed E-state index contributed by atoms with van der Waals surface area (Å²) in [7, 11) is 0. The van der Waals surface area contributed by atoms with Crippen LogP contribution in [-0.2, 0) is 0 Å². The van der Waals surface area contributed by atoms with Gasteiger partial charge in [0.1, 0.15) is 0 Å². The first-order chi connectivity index (χ1) is 25.7. The van der Waals surface area contributed by atoms with E-state index in [4.69, 9.17) is 0 Å². The van der Waals surface area contributed by atoms with Crippen LogP contribution < -0.4 is 5.47 Å². The number of nitrogens with zero attached hydrogens (tertiary/aromatic N) is 2. The van der Waals surface area contributed by atoms with Crippen molar-refractivity contribution in [2.45, 2.75) is 83.1 Å². The molecule has 0 aliphatic carbocycles. The fourth-order valence-electron chi connectivity index (χ4n) is 9.84. The molecule has 0 atom stereocenters. The molecule has 1 fully saturated rings. The van der Waals surface area contributed by atoms with Crippen molar-refractivity contribution in [2.75, 3.05) is 5.47 Å². The van der Waals surface area contributed by atoms with Crippen LogP contribution in [0.15, 0.2) is 94.7 Å². The molecule has 9 rings (SSSR count). The third kappa shape index (κ3) is 5.93. The van der Waals surface area contributed by atoms with Gasteiger partial charge >= 0.3 is 336 Å². The Labute approximate surface area is 334 Å². The van der Waals surface area contributed by atoms with Crippen LogP contribution >= 0.6 is 0 Å². The molecule has 3 aliphatic heterocycles. The van der Waals surface area contributed by atoms with E-state index < -0.39 is 30.2 Å². The zero-order valence-electron chi connectivity index (χ0n) is 34.0. The van der Waals surface area contributed by atoms with Gasteiger partial charge < -0.3 is 0 Å². The zero-order valence-corrected chi connectivity index (χ0v) is 37.8. The predicted molar refractivity (Wildman–Crippen MR) is 237 cm³/mol. The standard InChI is InChI=1S/C50H52As2N2/c1-29-21-33(5)45(34(6)22-29)41-15-13-16-42(46-35(7)23-30(2)24-36(46)8)49(41)53-51-19-20-52(53)54(51)50-43(47-37(9)25-31(3)26-38(47)10)17-14-18-44(50)48-39(11)27-32(4)28-40(48)12/h13-28H,1-12H3. The Balaban J connectivity index is 1.39. The first-order valence-corrected chi connectivity index (χ1v) is 24.7. The molecule has 0 amide bonds. The van der Waals surface area contributed by atoms with E-state index in [-0.39, 0.29) is 0 Å². The van der Waals surface area contributed by atoms with Crippen LogP contribution in [0.4, 0.5) is 11.4 Å². The molecule has 272 valence electrons. The van der Waals surface area contributed by atoms with Gasteiger partial charge in [-0.25, -0.2) is 0 Å². The van der Waals surface area contributed by atoms with E-state index in [1.807, 2.05) is 0 Å². The van der Waals surface area contributed by atoms with E-state index in [2.05, 4.69) is 183 Å². The summed E-state index contributed by atoms with van der Waals surface area (Å²) >= 11 is -3.81. The minimum atomic E-state index is -1.91. The van der Waals surface area contributed by atoms with E-state index in [1.165, 1.54) is 123 Å². The van der Waals surface area contributed by atoms with Crippen LogP contribution in [0.25, 0.3) is 44.5 Å². The average Bonchev–Trinajstić information content (AvgIpc) is 3.69. The van der Waals surface area contributed by atoms with Crippen molar-refractivity contribution >= 4 is 41.6 Å². The Morgan fingerprint density at radius 1 is 0.315 bits per heavy atom. The number of rotatable bonds is 6. The van der Waals surface area contributed by atoms with Gasteiger partial charge in [-0.05, 0) is 0 Å². The number of hydrogen-bond acceptors (Lipinski definition) is 2. The summed E-state index contributed by atoms with van der Waals surface area (Å²) in [6.07, 6.45) is 0. The quantitative estimate of drug-likeness (QED) is 0.154. The first-order valence-electron chi connectivity index (χ1n) is 19.2. The summed E-state index contributed by atoms with van der Waals surface area (Å²) in [5.74, 6) is 0. The number of anilines is 2. The van der Waals surface area contributed by atoms with Crippen LogP contribution in [0, 0.1) is 83.1 Å². The van der Waals surface area contributed by atoms with Crippen molar-refractivity contribution in [3.63, 3.8) is 0 Å². The molecule has 2 nitrogen and oxygen atoms in total. The first kappa shape index (κ1) is 36.7. The third-order valence-corrected chi connectivity index (χ3v) is 27.1. The summed E-state index contributed by atoms with van der Waals surface area (Å²) in [4.78, 5) is 5.31. The summed E-state index contributed by atoms with van der Waals surface area (Å²) in [5.41, 5.74) is 30.1. The second-order valence-corrected chi connectivity index (χ2v) is 26.3. The van der Waals surface area contributed by atoms with Crippen LogP contribution in [0.3, 0.4) is 0 Å². The van der Waals surface area contributed by atoms with Gasteiger partial charge in [-0.1, -0.05) is 0 Å². The van der Waals surface area contributed by atoms with Crippen molar-refractivity contribution in [2.24, 2.45) is 0 Å². The maximum absolute atomic E-state index is 2.99. The Bertz CT molecular complexity index is 2130. The molecule has 0 radical (unpaired) electrons. The van der Waals surface area contributed by atoms with Crippen molar-refractivity contribution in [1.29, 1.82) is 0 Å². The normalized spacial score (nSPS) is 16.0. The Morgan fingerprint density at radius 2 is 0.519 bits per heavy atom. The molecule has 4 heteroatoms.